The zero-order valence-electron chi connectivity index (χ0n) is 19.0. The Hall–Kier alpha value is -3.77. The Balaban J connectivity index is 1.87. The number of hydrogen-bond donors (Lipinski definition) is 1. The molecular weight excluding hydrogens is 454 g/mol. The van der Waals surface area contributed by atoms with Gasteiger partial charge in [0.2, 0.25) is 0 Å². The standard InChI is InChI=1S/C27H24ClNO5/c1-16-4-13-22(34-3)21(14-16)25(30)23-24(18-7-9-19(28)10-8-18)29(27(32)26(23)31)15-17-5-11-20(33-2)12-6-17/h4-14,24,30H,15H2,1-3H3/b25-23+. The highest BCUT2D eigenvalue weighted by Crippen LogP contribution is 2.42. The van der Waals surface area contributed by atoms with E-state index in [0.29, 0.717) is 27.6 Å². The Kier molecular flexibility index (Phi) is 6.61. The third kappa shape index (κ3) is 4.37. The summed E-state index contributed by atoms with van der Waals surface area (Å²) >= 11 is 6.08. The van der Waals surface area contributed by atoms with Gasteiger partial charge in [-0.15, -0.1) is 0 Å². The van der Waals surface area contributed by atoms with E-state index in [1.165, 1.54) is 12.0 Å². The maximum absolute atomic E-state index is 13.3. The van der Waals surface area contributed by atoms with Gasteiger partial charge in [0.1, 0.15) is 17.3 Å². The Morgan fingerprint density at radius 3 is 2.26 bits per heavy atom. The van der Waals surface area contributed by atoms with Crippen LogP contribution in [0.1, 0.15) is 28.3 Å². The Morgan fingerprint density at radius 2 is 1.65 bits per heavy atom. The van der Waals surface area contributed by atoms with Crippen LogP contribution in [0, 0.1) is 6.92 Å². The van der Waals surface area contributed by atoms with Crippen molar-refractivity contribution in [3.05, 3.63) is 99.6 Å². The average molecular weight is 478 g/mol. The van der Waals surface area contributed by atoms with Crippen molar-refractivity contribution in [1.29, 1.82) is 0 Å². The van der Waals surface area contributed by atoms with Crippen molar-refractivity contribution in [2.24, 2.45) is 0 Å². The quantitative estimate of drug-likeness (QED) is 0.296. The monoisotopic (exact) mass is 477 g/mol. The lowest BCUT2D eigenvalue weighted by atomic mass is 9.94. The van der Waals surface area contributed by atoms with Gasteiger partial charge in [-0.25, -0.2) is 0 Å². The van der Waals surface area contributed by atoms with E-state index in [1.807, 2.05) is 25.1 Å². The molecule has 1 saturated heterocycles. The summed E-state index contributed by atoms with van der Waals surface area (Å²) in [5.74, 6) is -0.638. The Bertz CT molecular complexity index is 1270. The van der Waals surface area contributed by atoms with Gasteiger partial charge in [0.25, 0.3) is 11.7 Å². The molecular formula is C27H24ClNO5. The molecule has 4 rings (SSSR count). The van der Waals surface area contributed by atoms with E-state index in [9.17, 15) is 14.7 Å². The van der Waals surface area contributed by atoms with Crippen LogP contribution in [0.15, 0.2) is 72.3 Å². The summed E-state index contributed by atoms with van der Waals surface area (Å²) in [4.78, 5) is 27.9. The van der Waals surface area contributed by atoms with Crippen molar-refractivity contribution in [2.45, 2.75) is 19.5 Å². The lowest BCUT2D eigenvalue weighted by Crippen LogP contribution is -2.29. The van der Waals surface area contributed by atoms with Gasteiger partial charge in [0.05, 0.1) is 31.4 Å². The van der Waals surface area contributed by atoms with Crippen molar-refractivity contribution >= 4 is 29.1 Å². The second kappa shape index (κ2) is 9.61. The molecule has 1 atom stereocenters. The van der Waals surface area contributed by atoms with Crippen molar-refractivity contribution in [3.63, 3.8) is 0 Å². The molecule has 34 heavy (non-hydrogen) atoms. The van der Waals surface area contributed by atoms with Crippen LogP contribution in [0.5, 0.6) is 11.5 Å². The normalized spacial score (nSPS) is 17.2. The molecule has 0 spiro atoms. The fourth-order valence-electron chi connectivity index (χ4n) is 4.11. The lowest BCUT2D eigenvalue weighted by molar-refractivity contribution is -0.140. The number of halogens is 1. The summed E-state index contributed by atoms with van der Waals surface area (Å²) in [6, 6.07) is 18.6. The fourth-order valence-corrected chi connectivity index (χ4v) is 4.24. The first kappa shape index (κ1) is 23.4. The van der Waals surface area contributed by atoms with Crippen LogP contribution in [-0.2, 0) is 16.1 Å². The fraction of sp³-hybridized carbons (Fsp3) is 0.185. The summed E-state index contributed by atoms with van der Waals surface area (Å²) in [6.07, 6.45) is 0. The number of Topliss-reactive ketones (excluding diaryl/α,β-unsaturated/α-hetero) is 1. The lowest BCUT2D eigenvalue weighted by Gasteiger charge is -2.25. The summed E-state index contributed by atoms with van der Waals surface area (Å²) in [5.41, 5.74) is 2.70. The molecule has 0 aliphatic carbocycles. The first-order chi connectivity index (χ1) is 16.3. The molecule has 6 nitrogen and oxygen atoms in total. The number of aliphatic hydroxyl groups excluding tert-OH is 1. The molecule has 0 radical (unpaired) electrons. The van der Waals surface area contributed by atoms with Crippen LogP contribution >= 0.6 is 11.6 Å². The van der Waals surface area contributed by atoms with Crippen molar-refractivity contribution in [2.75, 3.05) is 14.2 Å². The molecule has 0 aromatic heterocycles. The number of aryl methyl sites for hydroxylation is 1. The van der Waals surface area contributed by atoms with E-state index in [4.69, 9.17) is 21.1 Å². The number of carbonyl (C=O) groups is 2. The predicted molar refractivity (Wildman–Crippen MR) is 130 cm³/mol. The topological polar surface area (TPSA) is 76.1 Å². The zero-order valence-corrected chi connectivity index (χ0v) is 19.8. The number of ether oxygens (including phenoxy) is 2. The van der Waals surface area contributed by atoms with Gasteiger partial charge in [0.15, 0.2) is 0 Å². The average Bonchev–Trinajstić information content (AvgIpc) is 3.09. The maximum Gasteiger partial charge on any atom is 0.295 e. The number of methoxy groups -OCH3 is 2. The molecule has 1 unspecified atom stereocenters. The number of nitrogens with zero attached hydrogens (tertiary/aromatic N) is 1. The number of benzene rings is 3. The Labute approximate surface area is 203 Å². The second-order valence-electron chi connectivity index (χ2n) is 8.03. The molecule has 1 N–H and O–H groups in total. The van der Waals surface area contributed by atoms with Crippen LogP contribution in [0.25, 0.3) is 5.76 Å². The van der Waals surface area contributed by atoms with Crippen molar-refractivity contribution in [3.8, 4) is 11.5 Å². The zero-order chi connectivity index (χ0) is 24.4. The SMILES string of the molecule is COc1ccc(CN2C(=O)C(=O)/C(=C(/O)c3cc(C)ccc3OC)C2c2ccc(Cl)cc2)cc1. The van der Waals surface area contributed by atoms with Crippen molar-refractivity contribution < 1.29 is 24.2 Å². The third-order valence-corrected chi connectivity index (χ3v) is 6.10. The minimum absolute atomic E-state index is 0.00438. The summed E-state index contributed by atoms with van der Waals surface area (Å²) in [5, 5.41) is 11.9. The maximum atomic E-state index is 13.3. The van der Waals surface area contributed by atoms with Gasteiger partial charge in [-0.3, -0.25) is 9.59 Å². The molecule has 3 aromatic rings. The number of aliphatic hydroxyl groups is 1. The summed E-state index contributed by atoms with van der Waals surface area (Å²) < 4.78 is 10.6. The van der Waals surface area contributed by atoms with Gasteiger partial charge in [-0.05, 0) is 54.4 Å². The van der Waals surface area contributed by atoms with Crippen LogP contribution in [-0.4, -0.2) is 35.9 Å². The molecule has 1 aliphatic heterocycles. The highest BCUT2D eigenvalue weighted by Gasteiger charge is 2.46. The number of hydrogen-bond acceptors (Lipinski definition) is 5. The Morgan fingerprint density at radius 1 is 0.971 bits per heavy atom. The van der Waals surface area contributed by atoms with Crippen LogP contribution < -0.4 is 9.47 Å². The van der Waals surface area contributed by atoms with E-state index >= 15 is 0 Å². The van der Waals surface area contributed by atoms with Gasteiger partial charge in [-0.2, -0.15) is 0 Å². The van der Waals surface area contributed by atoms with E-state index < -0.39 is 17.7 Å². The largest absolute Gasteiger partial charge is 0.507 e. The summed E-state index contributed by atoms with van der Waals surface area (Å²) in [7, 11) is 3.06. The first-order valence-electron chi connectivity index (χ1n) is 10.7. The number of amides is 1. The molecule has 0 saturated carbocycles. The van der Waals surface area contributed by atoms with E-state index in [2.05, 4.69) is 0 Å². The van der Waals surface area contributed by atoms with Crippen molar-refractivity contribution in [1.82, 2.24) is 4.90 Å². The predicted octanol–water partition coefficient (Wildman–Crippen LogP) is 5.29. The van der Waals surface area contributed by atoms with E-state index in [0.717, 1.165) is 11.1 Å². The molecule has 1 fully saturated rings. The number of carbonyl (C=O) groups excluding carboxylic acids is 2. The minimum Gasteiger partial charge on any atom is -0.507 e. The van der Waals surface area contributed by atoms with Crippen LogP contribution in [0.4, 0.5) is 0 Å². The molecule has 1 aliphatic rings. The minimum atomic E-state index is -0.801. The first-order valence-corrected chi connectivity index (χ1v) is 11.0. The van der Waals surface area contributed by atoms with E-state index in [1.54, 1.807) is 55.6 Å². The second-order valence-corrected chi connectivity index (χ2v) is 8.47. The van der Waals surface area contributed by atoms with Gasteiger partial charge in [-0.1, -0.05) is 47.5 Å². The number of likely N-dealkylation sites (tertiary alicyclic amines) is 1. The molecule has 174 valence electrons. The number of ketones is 1. The highest BCUT2D eigenvalue weighted by molar-refractivity contribution is 6.46. The van der Waals surface area contributed by atoms with Crippen LogP contribution in [0.2, 0.25) is 5.02 Å². The highest BCUT2D eigenvalue weighted by atomic mass is 35.5. The van der Waals surface area contributed by atoms with Gasteiger partial charge >= 0.3 is 0 Å². The van der Waals surface area contributed by atoms with Crippen LogP contribution in [0.3, 0.4) is 0 Å². The number of rotatable bonds is 6. The molecule has 7 heteroatoms. The molecule has 0 bridgehead atoms. The van der Waals surface area contributed by atoms with Gasteiger partial charge < -0.3 is 19.5 Å². The smallest absolute Gasteiger partial charge is 0.295 e. The van der Waals surface area contributed by atoms with Gasteiger partial charge in [0, 0.05) is 11.6 Å². The molecule has 1 amide bonds. The third-order valence-electron chi connectivity index (χ3n) is 5.85. The molecule has 1 heterocycles. The van der Waals surface area contributed by atoms with E-state index in [-0.39, 0.29) is 17.9 Å². The molecule has 3 aromatic carbocycles. The summed E-state index contributed by atoms with van der Waals surface area (Å²) in [6.45, 7) is 2.04.